The molecule has 2 N–H and O–H groups in total. The predicted molar refractivity (Wildman–Crippen MR) is 118 cm³/mol. The standard InChI is InChI=1S/C24H23F3N4O/c1-13-10-19-21(20(32)11-13)22(29-18-9-4-6-14(2)15(18)3)31-23(30-19)28-17-8-5-7-16(12-17)24(25,26)27/h4-9,12-13H,10-11H2,1-3H3,(H2,28,29,30,31). The van der Waals surface area contributed by atoms with Gasteiger partial charge in [0.15, 0.2) is 5.78 Å². The number of fused-ring (bicyclic) bond motifs is 1. The van der Waals surface area contributed by atoms with Crippen molar-refractivity contribution in [2.24, 2.45) is 5.92 Å². The number of hydrogen-bond acceptors (Lipinski definition) is 5. The SMILES string of the molecule is Cc1cccc(Nc2nc(Nc3cccc(C(F)(F)F)c3)nc3c2C(=O)CC(C)C3)c1C. The van der Waals surface area contributed by atoms with E-state index in [1.54, 1.807) is 0 Å². The maximum atomic E-state index is 13.1. The van der Waals surface area contributed by atoms with Gasteiger partial charge in [0.05, 0.1) is 16.8 Å². The highest BCUT2D eigenvalue weighted by atomic mass is 19.4. The molecule has 0 fully saturated rings. The van der Waals surface area contributed by atoms with E-state index in [-0.39, 0.29) is 23.3 Å². The number of hydrogen-bond donors (Lipinski definition) is 2. The molecule has 0 saturated carbocycles. The summed E-state index contributed by atoms with van der Waals surface area (Å²) in [6, 6.07) is 10.6. The van der Waals surface area contributed by atoms with Crippen LogP contribution in [0.1, 0.15) is 46.1 Å². The molecule has 0 radical (unpaired) electrons. The Labute approximate surface area is 184 Å². The lowest BCUT2D eigenvalue weighted by Crippen LogP contribution is -2.22. The molecule has 1 atom stereocenters. The molecule has 0 spiro atoms. The Kier molecular flexibility index (Phi) is 5.62. The topological polar surface area (TPSA) is 66.9 Å². The van der Waals surface area contributed by atoms with Gasteiger partial charge in [-0.15, -0.1) is 0 Å². The molecule has 166 valence electrons. The summed E-state index contributed by atoms with van der Waals surface area (Å²) in [6.45, 7) is 5.93. The molecule has 0 saturated heterocycles. The largest absolute Gasteiger partial charge is 0.416 e. The predicted octanol–water partition coefficient (Wildman–Crippen LogP) is 6.36. The van der Waals surface area contributed by atoms with E-state index in [4.69, 9.17) is 0 Å². The molecule has 4 rings (SSSR count). The number of Topliss-reactive ketones (excluding diaryl/α,β-unsaturated/α-hetero) is 1. The molecule has 1 aliphatic carbocycles. The third kappa shape index (κ3) is 4.44. The van der Waals surface area contributed by atoms with Gasteiger partial charge in [-0.25, -0.2) is 4.98 Å². The van der Waals surface area contributed by atoms with Gasteiger partial charge in [-0.2, -0.15) is 18.2 Å². The fourth-order valence-corrected chi connectivity index (χ4v) is 3.83. The Hall–Kier alpha value is -3.42. The summed E-state index contributed by atoms with van der Waals surface area (Å²) in [7, 11) is 0. The number of nitrogens with zero attached hydrogens (tertiary/aromatic N) is 2. The van der Waals surface area contributed by atoms with Crippen LogP contribution in [0.25, 0.3) is 0 Å². The number of nitrogens with one attached hydrogen (secondary N) is 2. The lowest BCUT2D eigenvalue weighted by Gasteiger charge is -2.23. The van der Waals surface area contributed by atoms with Gasteiger partial charge in [0.1, 0.15) is 5.82 Å². The third-order valence-electron chi connectivity index (χ3n) is 5.64. The highest BCUT2D eigenvalue weighted by Gasteiger charge is 2.31. The van der Waals surface area contributed by atoms with E-state index in [0.29, 0.717) is 29.9 Å². The number of ketones is 1. The zero-order valence-corrected chi connectivity index (χ0v) is 18.0. The second-order valence-electron chi connectivity index (χ2n) is 8.23. The molecule has 1 heterocycles. The van der Waals surface area contributed by atoms with Gasteiger partial charge in [0.2, 0.25) is 5.95 Å². The first-order valence-electron chi connectivity index (χ1n) is 10.3. The molecule has 32 heavy (non-hydrogen) atoms. The highest BCUT2D eigenvalue weighted by Crippen LogP contribution is 2.34. The van der Waals surface area contributed by atoms with Crippen molar-refractivity contribution in [3.8, 4) is 0 Å². The Morgan fingerprint density at radius 2 is 1.75 bits per heavy atom. The summed E-state index contributed by atoms with van der Waals surface area (Å²) < 4.78 is 39.3. The van der Waals surface area contributed by atoms with Crippen molar-refractivity contribution in [3.63, 3.8) is 0 Å². The van der Waals surface area contributed by atoms with Crippen LogP contribution in [0.2, 0.25) is 0 Å². The van der Waals surface area contributed by atoms with Crippen LogP contribution in [0.4, 0.5) is 36.3 Å². The van der Waals surface area contributed by atoms with Crippen molar-refractivity contribution in [1.82, 2.24) is 9.97 Å². The molecule has 0 amide bonds. The molecular weight excluding hydrogens is 417 g/mol. The van der Waals surface area contributed by atoms with Crippen molar-refractivity contribution in [2.45, 2.75) is 39.8 Å². The molecule has 2 aromatic carbocycles. The van der Waals surface area contributed by atoms with Crippen molar-refractivity contribution < 1.29 is 18.0 Å². The fourth-order valence-electron chi connectivity index (χ4n) is 3.83. The summed E-state index contributed by atoms with van der Waals surface area (Å²) in [5.74, 6) is 0.574. The van der Waals surface area contributed by atoms with E-state index in [2.05, 4.69) is 20.6 Å². The van der Waals surface area contributed by atoms with E-state index < -0.39 is 11.7 Å². The Balaban J connectivity index is 1.76. The minimum atomic E-state index is -4.45. The smallest absolute Gasteiger partial charge is 0.339 e. The van der Waals surface area contributed by atoms with E-state index >= 15 is 0 Å². The van der Waals surface area contributed by atoms with Gasteiger partial charge in [-0.05, 0) is 61.6 Å². The first kappa shape index (κ1) is 21.8. The minimum Gasteiger partial charge on any atom is -0.339 e. The van der Waals surface area contributed by atoms with E-state index in [1.807, 2.05) is 39.0 Å². The molecule has 0 bridgehead atoms. The summed E-state index contributed by atoms with van der Waals surface area (Å²) >= 11 is 0. The van der Waals surface area contributed by atoms with Crippen molar-refractivity contribution in [1.29, 1.82) is 0 Å². The average molecular weight is 440 g/mol. The summed E-state index contributed by atoms with van der Waals surface area (Å²) in [4.78, 5) is 21.8. The number of rotatable bonds is 4. The number of benzene rings is 2. The molecule has 0 aliphatic heterocycles. The van der Waals surface area contributed by atoms with Crippen LogP contribution in [-0.4, -0.2) is 15.8 Å². The van der Waals surface area contributed by atoms with Gasteiger partial charge in [0, 0.05) is 17.8 Å². The van der Waals surface area contributed by atoms with Gasteiger partial charge in [-0.3, -0.25) is 4.79 Å². The number of alkyl halides is 3. The fraction of sp³-hybridized carbons (Fsp3) is 0.292. The lowest BCUT2D eigenvalue weighted by molar-refractivity contribution is -0.137. The Bertz CT molecular complexity index is 1190. The number of carbonyl (C=O) groups excluding carboxylic acids is 1. The Morgan fingerprint density at radius 1 is 1.00 bits per heavy atom. The number of aromatic nitrogens is 2. The highest BCUT2D eigenvalue weighted by molar-refractivity contribution is 6.03. The second kappa shape index (κ2) is 8.26. The number of aryl methyl sites for hydroxylation is 1. The van der Waals surface area contributed by atoms with Crippen molar-refractivity contribution >= 4 is 28.9 Å². The maximum absolute atomic E-state index is 13.1. The van der Waals surface area contributed by atoms with Crippen LogP contribution >= 0.6 is 0 Å². The van der Waals surface area contributed by atoms with Crippen LogP contribution in [0.5, 0.6) is 0 Å². The van der Waals surface area contributed by atoms with Crippen LogP contribution < -0.4 is 10.6 Å². The summed E-state index contributed by atoms with van der Waals surface area (Å²) in [5, 5.41) is 6.13. The van der Waals surface area contributed by atoms with Gasteiger partial charge >= 0.3 is 6.18 Å². The van der Waals surface area contributed by atoms with E-state index in [0.717, 1.165) is 28.9 Å². The molecule has 5 nitrogen and oxygen atoms in total. The molecule has 8 heteroatoms. The molecular formula is C24H23F3N4O. The van der Waals surface area contributed by atoms with E-state index in [1.165, 1.54) is 12.1 Å². The maximum Gasteiger partial charge on any atom is 0.416 e. The lowest BCUT2D eigenvalue weighted by atomic mass is 9.87. The molecule has 1 unspecified atom stereocenters. The quantitative estimate of drug-likeness (QED) is 0.494. The van der Waals surface area contributed by atoms with Crippen LogP contribution in [0.3, 0.4) is 0 Å². The number of anilines is 4. The van der Waals surface area contributed by atoms with Crippen molar-refractivity contribution in [3.05, 3.63) is 70.4 Å². The Morgan fingerprint density at radius 3 is 2.50 bits per heavy atom. The molecule has 3 aromatic rings. The molecule has 1 aromatic heterocycles. The normalized spacial score (nSPS) is 15.9. The van der Waals surface area contributed by atoms with E-state index in [9.17, 15) is 18.0 Å². The molecule has 1 aliphatic rings. The van der Waals surface area contributed by atoms with Gasteiger partial charge in [0.25, 0.3) is 0 Å². The van der Waals surface area contributed by atoms with Crippen LogP contribution in [-0.2, 0) is 12.6 Å². The summed E-state index contributed by atoms with van der Waals surface area (Å²) in [6.07, 6.45) is -3.47. The number of halogens is 3. The first-order valence-corrected chi connectivity index (χ1v) is 10.3. The summed E-state index contributed by atoms with van der Waals surface area (Å²) in [5.41, 5.74) is 3.39. The zero-order chi connectivity index (χ0) is 23.0. The number of carbonyl (C=O) groups is 1. The van der Waals surface area contributed by atoms with Crippen LogP contribution in [0, 0.1) is 19.8 Å². The third-order valence-corrected chi connectivity index (χ3v) is 5.64. The zero-order valence-electron chi connectivity index (χ0n) is 18.0. The second-order valence-corrected chi connectivity index (χ2v) is 8.23. The average Bonchev–Trinajstić information content (AvgIpc) is 2.70. The van der Waals surface area contributed by atoms with Crippen LogP contribution in [0.15, 0.2) is 42.5 Å². The first-order chi connectivity index (χ1) is 15.1. The minimum absolute atomic E-state index is 0.0443. The monoisotopic (exact) mass is 440 g/mol. The van der Waals surface area contributed by atoms with Gasteiger partial charge < -0.3 is 10.6 Å². The van der Waals surface area contributed by atoms with Crippen molar-refractivity contribution in [2.75, 3.05) is 10.6 Å². The van der Waals surface area contributed by atoms with Gasteiger partial charge in [-0.1, -0.05) is 25.1 Å².